The number of carbonyl (C=O) groups excluding carboxylic acids is 10. The fourth-order valence-electron chi connectivity index (χ4n) is 11.8. The van der Waals surface area contributed by atoms with Crippen molar-refractivity contribution in [1.29, 1.82) is 0 Å². The van der Waals surface area contributed by atoms with Gasteiger partial charge in [0.15, 0.2) is 69.1 Å². The van der Waals surface area contributed by atoms with Crippen LogP contribution in [0.4, 0.5) is 28.4 Å². The van der Waals surface area contributed by atoms with Crippen molar-refractivity contribution in [2.24, 2.45) is 0 Å². The van der Waals surface area contributed by atoms with Crippen molar-refractivity contribution in [2.75, 3.05) is 14.2 Å². The minimum absolute atomic E-state index is 0.0202. The number of phenols is 1. The molecule has 0 saturated carbocycles. The molecule has 0 unspecified atom stereocenters. The molecule has 0 aliphatic heterocycles. The number of aromatic hydroxyl groups is 1. The normalized spacial score (nSPS) is 13.5. The summed E-state index contributed by atoms with van der Waals surface area (Å²) in [6.45, 7) is 23.7. The molecule has 578 valence electrons. The molecule has 38 heteroatoms. The fraction of sp³-hybridized carbons (Fsp3) is 0.267. The quantitative estimate of drug-likeness (QED) is 0.0796. The van der Waals surface area contributed by atoms with Gasteiger partial charge in [-0.1, -0.05) is 90.0 Å². The first kappa shape index (κ1) is 79.3. The zero-order valence-corrected chi connectivity index (χ0v) is 62.0. The van der Waals surface area contributed by atoms with Crippen LogP contribution in [-0.4, -0.2) is 127 Å². The van der Waals surface area contributed by atoms with E-state index in [9.17, 15) is 104 Å². The van der Waals surface area contributed by atoms with Crippen molar-refractivity contribution in [1.82, 2.24) is 24.9 Å². The summed E-state index contributed by atoms with van der Waals surface area (Å²) >= 11 is 0. The van der Waals surface area contributed by atoms with Crippen LogP contribution >= 0.6 is 0 Å². The number of nitro benzene ring substituents is 5. The molecule has 0 amide bonds. The lowest BCUT2D eigenvalue weighted by molar-refractivity contribution is -0.385. The van der Waals surface area contributed by atoms with Gasteiger partial charge in [-0.15, -0.1) is 0 Å². The molecule has 113 heavy (non-hydrogen) atoms. The van der Waals surface area contributed by atoms with E-state index in [1.54, 1.807) is 20.8 Å². The number of ketones is 10. The molecule has 0 saturated heterocycles. The maximum absolute atomic E-state index is 12.5. The minimum atomic E-state index is -1.04. The molecule has 5 aliphatic rings. The van der Waals surface area contributed by atoms with Crippen LogP contribution in [0.25, 0.3) is 56.6 Å². The predicted octanol–water partition coefficient (Wildman–Crippen LogP) is 14.0. The van der Waals surface area contributed by atoms with E-state index in [1.807, 2.05) is 69.2 Å². The summed E-state index contributed by atoms with van der Waals surface area (Å²) in [6.07, 6.45) is 0. The van der Waals surface area contributed by atoms with Crippen LogP contribution in [0.5, 0.6) is 17.2 Å². The number of phenolic OH excluding ortho intramolecular Hbond substituents is 1. The highest BCUT2D eigenvalue weighted by Crippen LogP contribution is 2.49. The van der Waals surface area contributed by atoms with Crippen LogP contribution < -0.4 is 9.47 Å². The maximum Gasteiger partial charge on any atom is 0.311 e. The lowest BCUT2D eigenvalue weighted by Crippen LogP contribution is -2.22. The Bertz CT molecular complexity index is 5950. The zero-order chi connectivity index (χ0) is 83.3. The van der Waals surface area contributed by atoms with Crippen LogP contribution in [0, 0.1) is 50.6 Å². The maximum atomic E-state index is 12.5. The van der Waals surface area contributed by atoms with Crippen molar-refractivity contribution in [3.05, 3.63) is 209 Å². The number of hydrogen-bond donors (Lipinski definition) is 1. The molecule has 5 heterocycles. The van der Waals surface area contributed by atoms with Crippen molar-refractivity contribution in [2.45, 2.75) is 118 Å². The number of rotatable bonds is 9. The molecule has 0 radical (unpaired) electrons. The van der Waals surface area contributed by atoms with Gasteiger partial charge in [0.2, 0.25) is 52.3 Å². The number of nitrogens with zero attached hydrogens (tertiary/aromatic N) is 10. The summed E-state index contributed by atoms with van der Waals surface area (Å²) in [7, 11) is 2.52. The first-order valence-corrected chi connectivity index (χ1v) is 33.6. The number of hydrogen-bond acceptors (Lipinski definition) is 33. The summed E-state index contributed by atoms with van der Waals surface area (Å²) in [4.78, 5) is 195. The predicted molar refractivity (Wildman–Crippen MR) is 385 cm³/mol. The Morgan fingerprint density at radius 3 is 1.12 bits per heavy atom. The standard InChI is InChI=1S/2C16H14N2O6.C15H12N2O6.2C14H10N2O5/c1-16(2,3)15-17-10-12(20)11(19)9-7(13(10)24-15)5-6-8(18(21)22)14(9)23-4;1-16(2,3)15-17-11-13(20)12(19)10-8(23-4)6-5-7(18(21)22)9(10)14(11)24-15;1-15(2,3)14-16-10-12(20)11(19)9-7(18)5-4-6(17(21)22)8(9)13(10)23-14;1-6(2)14-15-10-12(18)11(17)9-5-7(16(19)20)3-4-8(9)13(10)21-14;1-6(2)14-15-10-12(18)11(17)8-4-3-7(16(19)20)5-9(8)13(10)21-14/h2*5-6H,1-4H3;4-5,18H,1-3H3;2*3-6H,1-2H3. The number of ether oxygens (including phenoxy) is 2. The van der Waals surface area contributed by atoms with E-state index < -0.39 is 121 Å². The summed E-state index contributed by atoms with van der Waals surface area (Å²) in [5, 5.41) is 65.3. The van der Waals surface area contributed by atoms with Gasteiger partial charge >= 0.3 is 5.69 Å². The highest BCUT2D eigenvalue weighted by atomic mass is 16.6. The number of benzene rings is 5. The molecule has 5 aromatic heterocycles. The number of non-ortho nitro benzene ring substituents is 2. The number of carbonyl (C=O) groups is 10. The molecule has 0 fully saturated rings. The molecular weight excluding hydrogens is 1490 g/mol. The fourth-order valence-corrected chi connectivity index (χ4v) is 11.8. The smallest absolute Gasteiger partial charge is 0.311 e. The van der Waals surface area contributed by atoms with Crippen molar-refractivity contribution in [3.63, 3.8) is 0 Å². The van der Waals surface area contributed by atoms with Crippen LogP contribution in [0.3, 0.4) is 0 Å². The Kier molecular flexibility index (Phi) is 20.1. The van der Waals surface area contributed by atoms with Crippen LogP contribution in [0.15, 0.2) is 94.9 Å². The average Bonchev–Trinajstić information content (AvgIpc) is 1.51. The zero-order valence-electron chi connectivity index (χ0n) is 62.0. The van der Waals surface area contributed by atoms with Gasteiger partial charge in [0, 0.05) is 98.4 Å². The van der Waals surface area contributed by atoms with Crippen LogP contribution in [0.2, 0.25) is 0 Å². The Hall–Kier alpha value is -14.8. The number of oxazole rings is 5. The van der Waals surface area contributed by atoms with Gasteiger partial charge in [0.1, 0.15) is 22.6 Å². The molecular formula is C75H60N10O28. The number of Topliss-reactive ketones (excluding diaryl/α,β-unsaturated/α-hetero) is 10. The van der Waals surface area contributed by atoms with E-state index in [2.05, 4.69) is 24.9 Å². The molecule has 1 N–H and O–H groups in total. The van der Waals surface area contributed by atoms with Gasteiger partial charge in [0.25, 0.3) is 51.7 Å². The van der Waals surface area contributed by atoms with Crippen molar-refractivity contribution in [3.8, 4) is 73.9 Å². The van der Waals surface area contributed by atoms with E-state index in [4.69, 9.17) is 31.6 Å². The lowest BCUT2D eigenvalue weighted by Gasteiger charge is -2.15. The van der Waals surface area contributed by atoms with Gasteiger partial charge < -0.3 is 36.7 Å². The average molecular weight is 1550 g/mol. The topological polar surface area (TPSA) is 555 Å². The third kappa shape index (κ3) is 13.9. The summed E-state index contributed by atoms with van der Waals surface area (Å²) in [6, 6.07) is 14.6. The van der Waals surface area contributed by atoms with E-state index in [0.717, 1.165) is 18.2 Å². The highest BCUT2D eigenvalue weighted by molar-refractivity contribution is 6.55. The Morgan fingerprint density at radius 1 is 0.345 bits per heavy atom. The minimum Gasteiger partial charge on any atom is -0.507 e. The molecule has 15 rings (SSSR count). The molecule has 38 nitrogen and oxygen atoms in total. The summed E-state index contributed by atoms with van der Waals surface area (Å²) in [5.74, 6) is -7.77. The first-order chi connectivity index (χ1) is 52.7. The van der Waals surface area contributed by atoms with Crippen molar-refractivity contribution < 1.29 is 109 Å². The monoisotopic (exact) mass is 1550 g/mol. The van der Waals surface area contributed by atoms with Gasteiger partial charge in [-0.25, -0.2) is 24.9 Å². The van der Waals surface area contributed by atoms with E-state index in [0.29, 0.717) is 23.2 Å². The Labute approximate surface area is 633 Å². The van der Waals surface area contributed by atoms with Crippen LogP contribution in [-0.2, 0) is 16.2 Å². The number of nitro groups is 5. The number of fused-ring (bicyclic) bond motifs is 15. The Balaban J connectivity index is 0.000000140. The van der Waals surface area contributed by atoms with Gasteiger partial charge in [0.05, 0.1) is 55.5 Å². The SMILES string of the molecule is CC(C)(C)c1nc2c(o1)-c1c([N+](=O)[O-])ccc(O)c1C(=O)C2=O.CC(C)c1nc2c(o1)-c1cc([N+](=O)[O-])ccc1C(=O)C2=O.CC(C)c1nc2c(o1)-c1ccc([N+](=O)[O-])cc1C(=O)C2=O.COc1c([N+](=O)[O-])ccc2c1C(=O)C(=O)c1nc(C(C)(C)C)oc1-2.COc1ccc([N+](=O)[O-])c2c1C(=O)C(=O)c1nc(C(C)(C)C)oc1-2. The van der Waals surface area contributed by atoms with Crippen molar-refractivity contribution >= 4 is 86.3 Å². The molecule has 0 bridgehead atoms. The first-order valence-electron chi connectivity index (χ1n) is 33.6. The second-order valence-corrected chi connectivity index (χ2v) is 29.1. The molecule has 5 aliphatic carbocycles. The molecule has 0 atom stereocenters. The molecule has 5 aromatic carbocycles. The van der Waals surface area contributed by atoms with E-state index in [1.165, 1.54) is 68.8 Å². The van der Waals surface area contributed by atoms with Crippen LogP contribution in [0.1, 0.15) is 236 Å². The van der Waals surface area contributed by atoms with Gasteiger partial charge in [-0.05, 0) is 30.3 Å². The largest absolute Gasteiger partial charge is 0.507 e. The molecule has 0 spiro atoms. The molecule has 10 aromatic rings. The lowest BCUT2D eigenvalue weighted by atomic mass is 9.89. The van der Waals surface area contributed by atoms with E-state index in [-0.39, 0.29) is 154 Å². The van der Waals surface area contributed by atoms with Gasteiger partial charge in [-0.2, -0.15) is 0 Å². The summed E-state index contributed by atoms with van der Waals surface area (Å²) < 4.78 is 38.2. The second-order valence-electron chi connectivity index (χ2n) is 29.1. The van der Waals surface area contributed by atoms with Gasteiger partial charge in [-0.3, -0.25) is 98.5 Å². The van der Waals surface area contributed by atoms with E-state index >= 15 is 0 Å². The Morgan fingerprint density at radius 2 is 0.690 bits per heavy atom. The third-order valence-electron chi connectivity index (χ3n) is 17.4. The number of aromatic nitrogens is 5. The summed E-state index contributed by atoms with van der Waals surface area (Å²) in [5.41, 5.74) is -3.88. The highest BCUT2D eigenvalue weighted by Gasteiger charge is 2.47. The third-order valence-corrected chi connectivity index (χ3v) is 17.4. The second kappa shape index (κ2) is 28.7. The number of methoxy groups -OCH3 is 2.